The Balaban J connectivity index is 2.45. The second-order valence-corrected chi connectivity index (χ2v) is 4.03. The number of imidazole rings is 1. The fourth-order valence-corrected chi connectivity index (χ4v) is 1.70. The van der Waals surface area contributed by atoms with Crippen LogP contribution in [0.25, 0.3) is 5.65 Å². The highest BCUT2D eigenvalue weighted by molar-refractivity contribution is 5.86. The second kappa shape index (κ2) is 4.55. The maximum Gasteiger partial charge on any atom is 0.356 e. The molecule has 5 heteroatoms. The molecule has 1 N–H and O–H groups in total. The molecule has 0 unspecified atom stereocenters. The molecule has 0 bridgehead atoms. The molecule has 0 spiro atoms. The number of fused-ring (bicyclic) bond motifs is 1. The van der Waals surface area contributed by atoms with Crippen LogP contribution in [-0.4, -0.2) is 39.0 Å². The minimum Gasteiger partial charge on any atom is -0.476 e. The van der Waals surface area contributed by atoms with Gasteiger partial charge >= 0.3 is 5.97 Å². The van der Waals surface area contributed by atoms with Crippen LogP contribution < -0.4 is 0 Å². The quantitative estimate of drug-likeness (QED) is 0.869. The van der Waals surface area contributed by atoms with Gasteiger partial charge in [-0.1, -0.05) is 13.0 Å². The van der Waals surface area contributed by atoms with Crippen molar-refractivity contribution in [3.63, 3.8) is 0 Å². The van der Waals surface area contributed by atoms with Crippen LogP contribution in [0.4, 0.5) is 0 Å². The van der Waals surface area contributed by atoms with Crippen molar-refractivity contribution in [1.82, 2.24) is 14.3 Å². The highest BCUT2D eigenvalue weighted by Crippen LogP contribution is 2.13. The van der Waals surface area contributed by atoms with E-state index in [-0.39, 0.29) is 5.69 Å². The van der Waals surface area contributed by atoms with Crippen LogP contribution in [0.2, 0.25) is 0 Å². The van der Waals surface area contributed by atoms with Gasteiger partial charge in [-0.05, 0) is 19.7 Å². The van der Waals surface area contributed by atoms with Crippen molar-refractivity contribution in [2.45, 2.75) is 13.5 Å². The van der Waals surface area contributed by atoms with E-state index in [4.69, 9.17) is 5.11 Å². The lowest BCUT2D eigenvalue weighted by molar-refractivity contribution is 0.0691. The second-order valence-electron chi connectivity index (χ2n) is 4.03. The predicted molar refractivity (Wildman–Crippen MR) is 64.2 cm³/mol. The Labute approximate surface area is 99.3 Å². The molecule has 2 aromatic heterocycles. The van der Waals surface area contributed by atoms with Gasteiger partial charge in [-0.15, -0.1) is 0 Å². The first kappa shape index (κ1) is 11.6. The third kappa shape index (κ3) is 2.29. The molecule has 2 rings (SSSR count). The van der Waals surface area contributed by atoms with Crippen LogP contribution in [0.15, 0.2) is 24.5 Å². The first-order chi connectivity index (χ1) is 8.11. The van der Waals surface area contributed by atoms with Crippen molar-refractivity contribution in [2.75, 3.05) is 13.6 Å². The number of aromatic carboxylic acids is 1. The summed E-state index contributed by atoms with van der Waals surface area (Å²) in [7, 11) is 2.02. The third-order valence-electron chi connectivity index (χ3n) is 2.76. The van der Waals surface area contributed by atoms with Crippen LogP contribution in [0.1, 0.15) is 23.0 Å². The van der Waals surface area contributed by atoms with Gasteiger partial charge < -0.3 is 14.4 Å². The number of hydrogen-bond donors (Lipinski definition) is 1. The number of carboxylic acids is 1. The molecule has 0 aromatic carbocycles. The normalized spacial score (nSPS) is 11.2. The van der Waals surface area contributed by atoms with Crippen molar-refractivity contribution < 1.29 is 9.90 Å². The van der Waals surface area contributed by atoms with Crippen LogP contribution in [0.3, 0.4) is 0 Å². The summed E-state index contributed by atoms with van der Waals surface area (Å²) in [6.07, 6.45) is 3.34. The number of pyridine rings is 1. The number of nitrogens with zero attached hydrogens (tertiary/aromatic N) is 3. The standard InChI is InChI=1S/C12H15N3O2/c1-3-14(2)7-9-5-4-6-15-8-10(12(16)17)13-11(9)15/h4-6,8H,3,7H2,1-2H3,(H,16,17). The number of hydrogen-bond acceptors (Lipinski definition) is 3. The Morgan fingerprint density at radius 1 is 1.59 bits per heavy atom. The Kier molecular flexibility index (Phi) is 3.10. The first-order valence-electron chi connectivity index (χ1n) is 5.50. The lowest BCUT2D eigenvalue weighted by Gasteiger charge is -2.13. The van der Waals surface area contributed by atoms with E-state index in [1.165, 1.54) is 6.20 Å². The van der Waals surface area contributed by atoms with E-state index in [2.05, 4.69) is 16.8 Å². The zero-order valence-corrected chi connectivity index (χ0v) is 9.92. The summed E-state index contributed by atoms with van der Waals surface area (Å²) in [6.45, 7) is 3.78. The molecule has 17 heavy (non-hydrogen) atoms. The van der Waals surface area contributed by atoms with E-state index < -0.39 is 5.97 Å². The van der Waals surface area contributed by atoms with Gasteiger partial charge in [-0.2, -0.15) is 0 Å². The Morgan fingerprint density at radius 3 is 3.00 bits per heavy atom. The molecule has 0 amide bonds. The molecule has 0 atom stereocenters. The molecule has 2 aromatic rings. The largest absolute Gasteiger partial charge is 0.476 e. The molecule has 0 aliphatic heterocycles. The number of aromatic nitrogens is 2. The van der Waals surface area contributed by atoms with Crippen LogP contribution in [0, 0.1) is 0 Å². The Hall–Kier alpha value is -1.88. The number of rotatable bonds is 4. The van der Waals surface area contributed by atoms with Gasteiger partial charge in [0.1, 0.15) is 5.65 Å². The summed E-state index contributed by atoms with van der Waals surface area (Å²) in [6, 6.07) is 3.87. The summed E-state index contributed by atoms with van der Waals surface area (Å²) in [5.74, 6) is -0.997. The Morgan fingerprint density at radius 2 is 2.35 bits per heavy atom. The first-order valence-corrected chi connectivity index (χ1v) is 5.50. The highest BCUT2D eigenvalue weighted by atomic mass is 16.4. The molecular formula is C12H15N3O2. The molecule has 0 saturated carbocycles. The fraction of sp³-hybridized carbons (Fsp3) is 0.333. The zero-order valence-electron chi connectivity index (χ0n) is 9.92. The van der Waals surface area contributed by atoms with Gasteiger partial charge in [-0.3, -0.25) is 0 Å². The summed E-state index contributed by atoms with van der Waals surface area (Å²) in [4.78, 5) is 17.2. The SMILES string of the molecule is CCN(C)Cc1cccn2cc(C(=O)O)nc12. The van der Waals surface area contributed by atoms with Gasteiger partial charge in [0.15, 0.2) is 5.69 Å². The summed E-state index contributed by atoms with van der Waals surface area (Å²) in [5, 5.41) is 8.92. The van der Waals surface area contributed by atoms with Crippen molar-refractivity contribution >= 4 is 11.6 Å². The zero-order chi connectivity index (χ0) is 12.4. The molecule has 0 radical (unpaired) electrons. The van der Waals surface area contributed by atoms with Gasteiger partial charge in [-0.25, -0.2) is 9.78 Å². The minimum atomic E-state index is -0.997. The molecule has 0 aliphatic rings. The van der Waals surface area contributed by atoms with E-state index in [0.717, 1.165) is 18.7 Å². The van der Waals surface area contributed by atoms with Crippen molar-refractivity contribution in [3.05, 3.63) is 35.8 Å². The third-order valence-corrected chi connectivity index (χ3v) is 2.76. The maximum atomic E-state index is 10.9. The summed E-state index contributed by atoms with van der Waals surface area (Å²) in [5.41, 5.74) is 1.83. The van der Waals surface area contributed by atoms with Gasteiger partial charge in [0, 0.05) is 24.5 Å². The topological polar surface area (TPSA) is 57.8 Å². The fourth-order valence-electron chi connectivity index (χ4n) is 1.70. The van der Waals surface area contributed by atoms with E-state index in [0.29, 0.717) is 5.65 Å². The maximum absolute atomic E-state index is 10.9. The lowest BCUT2D eigenvalue weighted by atomic mass is 10.2. The van der Waals surface area contributed by atoms with Gasteiger partial charge in [0.25, 0.3) is 0 Å². The average Bonchev–Trinajstić information content (AvgIpc) is 2.74. The van der Waals surface area contributed by atoms with E-state index in [1.807, 2.05) is 25.4 Å². The number of carboxylic acid groups (broad SMARTS) is 1. The monoisotopic (exact) mass is 233 g/mol. The van der Waals surface area contributed by atoms with Crippen molar-refractivity contribution in [1.29, 1.82) is 0 Å². The van der Waals surface area contributed by atoms with Gasteiger partial charge in [0.05, 0.1) is 0 Å². The minimum absolute atomic E-state index is 0.0802. The van der Waals surface area contributed by atoms with E-state index in [9.17, 15) is 4.79 Å². The molecule has 0 aliphatic carbocycles. The predicted octanol–water partition coefficient (Wildman–Crippen LogP) is 1.48. The van der Waals surface area contributed by atoms with Crippen molar-refractivity contribution in [2.24, 2.45) is 0 Å². The number of carbonyl (C=O) groups is 1. The van der Waals surface area contributed by atoms with Crippen LogP contribution in [0.5, 0.6) is 0 Å². The molecule has 90 valence electrons. The van der Waals surface area contributed by atoms with E-state index in [1.54, 1.807) is 4.40 Å². The van der Waals surface area contributed by atoms with E-state index >= 15 is 0 Å². The molecule has 5 nitrogen and oxygen atoms in total. The molecule has 0 saturated heterocycles. The average molecular weight is 233 g/mol. The van der Waals surface area contributed by atoms with Gasteiger partial charge in [0.2, 0.25) is 0 Å². The summed E-state index contributed by atoms with van der Waals surface area (Å²) >= 11 is 0. The van der Waals surface area contributed by atoms with Crippen molar-refractivity contribution in [3.8, 4) is 0 Å². The molecule has 2 heterocycles. The molecule has 0 fully saturated rings. The lowest BCUT2D eigenvalue weighted by Crippen LogP contribution is -2.17. The van der Waals surface area contributed by atoms with Crippen LogP contribution in [-0.2, 0) is 6.54 Å². The smallest absolute Gasteiger partial charge is 0.356 e. The Bertz CT molecular complexity index is 548. The summed E-state index contributed by atoms with van der Waals surface area (Å²) < 4.78 is 1.75. The highest BCUT2D eigenvalue weighted by Gasteiger charge is 2.11. The molecular weight excluding hydrogens is 218 g/mol. The van der Waals surface area contributed by atoms with Crippen LogP contribution >= 0.6 is 0 Å².